The number of hydrogen-bond donors (Lipinski definition) is 0. The van der Waals surface area contributed by atoms with Gasteiger partial charge in [-0.1, -0.05) is 0 Å². The van der Waals surface area contributed by atoms with Crippen LogP contribution in [0.1, 0.15) is 32.1 Å². The molecule has 0 spiro atoms. The Morgan fingerprint density at radius 3 is 2.00 bits per heavy atom. The van der Waals surface area contributed by atoms with E-state index in [-0.39, 0.29) is 0 Å². The van der Waals surface area contributed by atoms with E-state index in [2.05, 4.69) is 0 Å². The van der Waals surface area contributed by atoms with Gasteiger partial charge in [-0.2, -0.15) is 0 Å². The molecule has 1 aromatic rings. The van der Waals surface area contributed by atoms with Crippen molar-refractivity contribution in [1.29, 1.82) is 0 Å². The molecule has 80 valence electrons. The molecule has 0 fully saturated rings. The normalized spacial score (nSPS) is 13.2. The van der Waals surface area contributed by atoms with Crippen LogP contribution in [0.5, 0.6) is 0 Å². The van der Waals surface area contributed by atoms with Crippen LogP contribution in [0.15, 0.2) is 15.6 Å². The molecular weight excluding hydrogens is 200 g/mol. The summed E-state index contributed by atoms with van der Waals surface area (Å²) in [5.74, 6) is 0.470. The summed E-state index contributed by atoms with van der Waals surface area (Å²) >= 11 is 0. The second-order valence-corrected chi connectivity index (χ2v) is 7.06. The van der Waals surface area contributed by atoms with Crippen LogP contribution >= 0.6 is 0 Å². The van der Waals surface area contributed by atoms with Crippen molar-refractivity contribution in [3.8, 4) is 0 Å². The summed E-state index contributed by atoms with van der Waals surface area (Å²) in [7, 11) is -3.29. The molecule has 0 aliphatic heterocycles. The molecule has 0 aliphatic carbocycles. The van der Waals surface area contributed by atoms with Crippen molar-refractivity contribution >= 4 is 9.84 Å². The van der Waals surface area contributed by atoms with Crippen LogP contribution in [0.4, 0.5) is 0 Å². The fourth-order valence-corrected chi connectivity index (χ4v) is 2.78. The molecule has 0 radical (unpaired) electrons. The van der Waals surface area contributed by atoms with E-state index >= 15 is 0 Å². The van der Waals surface area contributed by atoms with Crippen LogP contribution in [0.3, 0.4) is 0 Å². The van der Waals surface area contributed by atoms with E-state index < -0.39 is 14.6 Å². The third-order valence-corrected chi connectivity index (χ3v) is 4.92. The standard InChI is InChI=1S/C10H16O3S/c1-7-6-13-8(2)9(7)14(11,12)10(3,4)5/h6H,1-5H3. The van der Waals surface area contributed by atoms with Crippen LogP contribution in [-0.2, 0) is 9.84 Å². The molecule has 0 aromatic carbocycles. The number of rotatable bonds is 1. The highest BCUT2D eigenvalue weighted by Crippen LogP contribution is 2.30. The maximum atomic E-state index is 12.1. The van der Waals surface area contributed by atoms with Gasteiger partial charge >= 0.3 is 0 Å². The number of hydrogen-bond acceptors (Lipinski definition) is 3. The lowest BCUT2D eigenvalue weighted by Gasteiger charge is -2.19. The Morgan fingerprint density at radius 1 is 1.21 bits per heavy atom. The summed E-state index contributed by atoms with van der Waals surface area (Å²) in [5.41, 5.74) is 0.678. The van der Waals surface area contributed by atoms with Gasteiger partial charge in [0.2, 0.25) is 0 Å². The highest BCUT2D eigenvalue weighted by Gasteiger charge is 2.34. The Hall–Kier alpha value is -0.770. The molecule has 1 aromatic heterocycles. The lowest BCUT2D eigenvalue weighted by atomic mass is 10.3. The lowest BCUT2D eigenvalue weighted by molar-refractivity contribution is 0.517. The van der Waals surface area contributed by atoms with Crippen molar-refractivity contribution in [3.05, 3.63) is 17.6 Å². The largest absolute Gasteiger partial charge is 0.468 e. The monoisotopic (exact) mass is 216 g/mol. The first-order valence-corrected chi connectivity index (χ1v) is 5.95. The average molecular weight is 216 g/mol. The van der Waals surface area contributed by atoms with Gasteiger partial charge in [-0.3, -0.25) is 0 Å². The van der Waals surface area contributed by atoms with Gasteiger partial charge in [-0.05, 0) is 34.6 Å². The molecule has 0 saturated carbocycles. The SMILES string of the molecule is Cc1coc(C)c1S(=O)(=O)C(C)(C)C. The minimum Gasteiger partial charge on any atom is -0.468 e. The molecule has 0 aliphatic rings. The summed E-state index contributed by atoms with van der Waals surface area (Å²) in [6.07, 6.45) is 1.48. The molecule has 0 saturated heterocycles. The fraction of sp³-hybridized carbons (Fsp3) is 0.600. The van der Waals surface area contributed by atoms with Crippen LogP contribution in [0.2, 0.25) is 0 Å². The first-order chi connectivity index (χ1) is 6.18. The maximum Gasteiger partial charge on any atom is 0.186 e. The van der Waals surface area contributed by atoms with E-state index in [1.54, 1.807) is 34.6 Å². The Bertz CT molecular complexity index is 413. The van der Waals surface area contributed by atoms with Crippen molar-refractivity contribution in [3.63, 3.8) is 0 Å². The van der Waals surface area contributed by atoms with Crippen LogP contribution in [-0.4, -0.2) is 13.2 Å². The molecule has 0 unspecified atom stereocenters. The number of furan rings is 1. The van der Waals surface area contributed by atoms with E-state index in [0.717, 1.165) is 0 Å². The number of aryl methyl sites for hydroxylation is 2. The Balaban J connectivity index is 3.46. The molecular formula is C10H16O3S. The fourth-order valence-electron chi connectivity index (χ4n) is 1.27. The highest BCUT2D eigenvalue weighted by molar-refractivity contribution is 7.92. The molecule has 3 nitrogen and oxygen atoms in total. The van der Waals surface area contributed by atoms with Gasteiger partial charge < -0.3 is 4.42 Å². The molecule has 1 heterocycles. The van der Waals surface area contributed by atoms with E-state index in [9.17, 15) is 8.42 Å². The van der Waals surface area contributed by atoms with Gasteiger partial charge in [0, 0.05) is 5.56 Å². The maximum absolute atomic E-state index is 12.1. The summed E-state index contributed by atoms with van der Waals surface area (Å²) in [6, 6.07) is 0. The molecule has 4 heteroatoms. The van der Waals surface area contributed by atoms with E-state index in [1.165, 1.54) is 6.26 Å². The third-order valence-electron chi connectivity index (χ3n) is 2.17. The van der Waals surface area contributed by atoms with Gasteiger partial charge in [0.1, 0.15) is 10.7 Å². The zero-order valence-corrected chi connectivity index (χ0v) is 10.0. The highest BCUT2D eigenvalue weighted by atomic mass is 32.2. The van der Waals surface area contributed by atoms with E-state index in [0.29, 0.717) is 16.2 Å². The minimum atomic E-state index is -3.29. The Morgan fingerprint density at radius 2 is 1.71 bits per heavy atom. The molecule has 0 atom stereocenters. The summed E-state index contributed by atoms with van der Waals surface area (Å²) < 4.78 is 28.5. The Kier molecular flexibility index (Phi) is 2.52. The lowest BCUT2D eigenvalue weighted by Crippen LogP contribution is -2.28. The smallest absolute Gasteiger partial charge is 0.186 e. The zero-order chi connectivity index (χ0) is 11.1. The molecule has 0 N–H and O–H groups in total. The quantitative estimate of drug-likeness (QED) is 0.724. The number of sulfone groups is 1. The molecule has 14 heavy (non-hydrogen) atoms. The second-order valence-electron chi connectivity index (χ2n) is 4.42. The molecule has 0 bridgehead atoms. The summed E-state index contributed by atoms with van der Waals surface area (Å²) in [4.78, 5) is 0.338. The summed E-state index contributed by atoms with van der Waals surface area (Å²) in [5, 5.41) is 0. The van der Waals surface area contributed by atoms with Gasteiger partial charge in [0.15, 0.2) is 9.84 Å². The van der Waals surface area contributed by atoms with Crippen molar-refractivity contribution in [1.82, 2.24) is 0 Å². The molecule has 0 amide bonds. The van der Waals surface area contributed by atoms with E-state index in [4.69, 9.17) is 4.42 Å². The van der Waals surface area contributed by atoms with Gasteiger partial charge in [-0.25, -0.2) is 8.42 Å². The predicted octanol–water partition coefficient (Wildman–Crippen LogP) is 2.47. The third kappa shape index (κ3) is 1.59. The first kappa shape index (κ1) is 11.3. The predicted molar refractivity (Wildman–Crippen MR) is 55.1 cm³/mol. The van der Waals surface area contributed by atoms with Crippen molar-refractivity contribution in [2.75, 3.05) is 0 Å². The Labute approximate surface area is 85.0 Å². The van der Waals surface area contributed by atoms with Gasteiger partial charge in [0.25, 0.3) is 0 Å². The second kappa shape index (κ2) is 3.12. The van der Waals surface area contributed by atoms with Crippen molar-refractivity contribution < 1.29 is 12.8 Å². The zero-order valence-electron chi connectivity index (χ0n) is 9.21. The van der Waals surface area contributed by atoms with Crippen LogP contribution in [0.25, 0.3) is 0 Å². The van der Waals surface area contributed by atoms with E-state index in [1.807, 2.05) is 0 Å². The minimum absolute atomic E-state index is 0.338. The summed E-state index contributed by atoms with van der Waals surface area (Å²) in [6.45, 7) is 8.48. The van der Waals surface area contributed by atoms with Crippen molar-refractivity contribution in [2.24, 2.45) is 0 Å². The molecule has 1 rings (SSSR count). The average Bonchev–Trinajstić information content (AvgIpc) is 2.28. The van der Waals surface area contributed by atoms with Crippen LogP contribution < -0.4 is 0 Å². The topological polar surface area (TPSA) is 47.3 Å². The first-order valence-electron chi connectivity index (χ1n) is 4.47. The van der Waals surface area contributed by atoms with Crippen molar-refractivity contribution in [2.45, 2.75) is 44.3 Å². The van der Waals surface area contributed by atoms with Gasteiger partial charge in [-0.15, -0.1) is 0 Å². The van der Waals surface area contributed by atoms with Crippen LogP contribution in [0, 0.1) is 13.8 Å². The van der Waals surface area contributed by atoms with Gasteiger partial charge in [0.05, 0.1) is 11.0 Å².